The fourth-order valence-electron chi connectivity index (χ4n) is 1.40. The van der Waals surface area contributed by atoms with E-state index in [0.29, 0.717) is 5.56 Å². The summed E-state index contributed by atoms with van der Waals surface area (Å²) < 4.78 is 0. The molecule has 1 aromatic rings. The summed E-state index contributed by atoms with van der Waals surface area (Å²) in [6, 6.07) is 7.12. The maximum absolute atomic E-state index is 11.8. The van der Waals surface area contributed by atoms with Gasteiger partial charge in [0, 0.05) is 11.3 Å². The van der Waals surface area contributed by atoms with Gasteiger partial charge in [-0.25, -0.2) is 4.79 Å². The van der Waals surface area contributed by atoms with Gasteiger partial charge >= 0.3 is 5.97 Å². The highest BCUT2D eigenvalue weighted by atomic mass is 32.2. The molecule has 1 aromatic carbocycles. The molecule has 0 heterocycles. The van der Waals surface area contributed by atoms with E-state index in [-0.39, 0.29) is 6.54 Å². The number of amides is 1. The molecule has 0 aromatic heterocycles. The molecular weight excluding hydrogens is 278 g/mol. The van der Waals surface area contributed by atoms with E-state index in [2.05, 4.69) is 12.2 Å². The topological polar surface area (TPSA) is 86.6 Å². The minimum absolute atomic E-state index is 0.339. The molecule has 0 aliphatic heterocycles. The van der Waals surface area contributed by atoms with Crippen molar-refractivity contribution < 1.29 is 19.8 Å². The number of nitrogens with one attached hydrogen (secondary N) is 1. The van der Waals surface area contributed by atoms with Crippen LogP contribution in [0.2, 0.25) is 0 Å². The Morgan fingerprint density at radius 2 is 1.90 bits per heavy atom. The van der Waals surface area contributed by atoms with Gasteiger partial charge in [0.1, 0.15) is 0 Å². The van der Waals surface area contributed by atoms with Gasteiger partial charge in [-0.05, 0) is 30.4 Å². The van der Waals surface area contributed by atoms with Crippen LogP contribution in [0.25, 0.3) is 0 Å². The van der Waals surface area contributed by atoms with Crippen molar-refractivity contribution in [3.8, 4) is 0 Å². The maximum atomic E-state index is 11.8. The molecule has 0 spiro atoms. The Labute approximate surface area is 122 Å². The van der Waals surface area contributed by atoms with E-state index in [0.717, 1.165) is 24.0 Å². The van der Waals surface area contributed by atoms with Gasteiger partial charge in [0.05, 0.1) is 6.54 Å². The third-order valence-corrected chi connectivity index (χ3v) is 3.69. The Morgan fingerprint density at radius 1 is 1.30 bits per heavy atom. The second-order valence-electron chi connectivity index (χ2n) is 4.60. The molecule has 20 heavy (non-hydrogen) atoms. The van der Waals surface area contributed by atoms with Crippen LogP contribution in [0.15, 0.2) is 24.3 Å². The van der Waals surface area contributed by atoms with Gasteiger partial charge in [0.25, 0.3) is 5.91 Å². The van der Waals surface area contributed by atoms with Crippen LogP contribution in [0.3, 0.4) is 0 Å². The third-order valence-electron chi connectivity index (χ3n) is 2.74. The van der Waals surface area contributed by atoms with Crippen molar-refractivity contribution in [1.82, 2.24) is 5.32 Å². The fraction of sp³-hybridized carbons (Fsp3) is 0.429. The van der Waals surface area contributed by atoms with Gasteiger partial charge in [-0.3, -0.25) is 4.79 Å². The molecule has 5 nitrogen and oxygen atoms in total. The number of thioether (sulfide) groups is 1. The summed E-state index contributed by atoms with van der Waals surface area (Å²) in [4.78, 5) is 22.5. The third kappa shape index (κ3) is 4.86. The number of carboxylic acids is 1. The van der Waals surface area contributed by atoms with E-state index >= 15 is 0 Å². The molecule has 0 aliphatic rings. The molecule has 1 rings (SSSR count). The van der Waals surface area contributed by atoms with Crippen molar-refractivity contribution in [2.75, 3.05) is 12.3 Å². The van der Waals surface area contributed by atoms with Crippen molar-refractivity contribution in [3.63, 3.8) is 0 Å². The number of hydrogen-bond acceptors (Lipinski definition) is 4. The Morgan fingerprint density at radius 3 is 2.40 bits per heavy atom. The first-order chi connectivity index (χ1) is 9.36. The standard InChI is InChI=1S/C14H19NO4S/c1-3-20-8-10-4-6-11(7-5-10)12(16)15-9-14(2,19)13(17)18/h4-7,19H,3,8-9H2,1-2H3,(H,15,16)(H,17,18). The van der Waals surface area contributed by atoms with Gasteiger partial charge in [0.15, 0.2) is 5.60 Å². The number of carboxylic acid groups (broad SMARTS) is 1. The average molecular weight is 297 g/mol. The smallest absolute Gasteiger partial charge is 0.337 e. The fourth-order valence-corrected chi connectivity index (χ4v) is 2.03. The Balaban J connectivity index is 2.58. The number of carbonyl (C=O) groups excluding carboxylic acids is 1. The summed E-state index contributed by atoms with van der Waals surface area (Å²) in [5, 5.41) is 20.7. The van der Waals surface area contributed by atoms with Crippen LogP contribution in [-0.4, -0.2) is 40.0 Å². The van der Waals surface area contributed by atoms with E-state index < -0.39 is 17.5 Å². The Hall–Kier alpha value is -1.53. The highest BCUT2D eigenvalue weighted by molar-refractivity contribution is 7.98. The summed E-state index contributed by atoms with van der Waals surface area (Å²) in [6.07, 6.45) is 0. The minimum Gasteiger partial charge on any atom is -0.479 e. The van der Waals surface area contributed by atoms with Crippen LogP contribution < -0.4 is 5.32 Å². The molecule has 0 saturated heterocycles. The lowest BCUT2D eigenvalue weighted by molar-refractivity contribution is -0.155. The van der Waals surface area contributed by atoms with Crippen molar-refractivity contribution in [2.24, 2.45) is 0 Å². The number of rotatable bonds is 7. The zero-order chi connectivity index (χ0) is 15.2. The number of hydrogen-bond donors (Lipinski definition) is 3. The molecule has 0 fully saturated rings. The number of aliphatic carboxylic acids is 1. The van der Waals surface area contributed by atoms with Gasteiger partial charge in [-0.2, -0.15) is 11.8 Å². The minimum atomic E-state index is -1.96. The largest absolute Gasteiger partial charge is 0.479 e. The maximum Gasteiger partial charge on any atom is 0.337 e. The van der Waals surface area contributed by atoms with Crippen molar-refractivity contribution in [3.05, 3.63) is 35.4 Å². The molecule has 6 heteroatoms. The molecule has 1 amide bonds. The molecular formula is C14H19NO4S. The Bertz CT molecular complexity index is 471. The zero-order valence-electron chi connectivity index (χ0n) is 11.5. The first kappa shape index (κ1) is 16.5. The molecule has 0 radical (unpaired) electrons. The lowest BCUT2D eigenvalue weighted by Gasteiger charge is -2.18. The first-order valence-electron chi connectivity index (χ1n) is 6.27. The summed E-state index contributed by atoms with van der Waals surface area (Å²) >= 11 is 1.79. The zero-order valence-corrected chi connectivity index (χ0v) is 12.4. The lowest BCUT2D eigenvalue weighted by Crippen LogP contribution is -2.46. The van der Waals surface area contributed by atoms with Crippen molar-refractivity contribution >= 4 is 23.6 Å². The predicted octanol–water partition coefficient (Wildman–Crippen LogP) is 1.51. The number of carbonyl (C=O) groups is 2. The van der Waals surface area contributed by atoms with Crippen LogP contribution in [0.5, 0.6) is 0 Å². The van der Waals surface area contributed by atoms with Crippen LogP contribution in [-0.2, 0) is 10.5 Å². The normalized spacial score (nSPS) is 13.6. The van der Waals surface area contributed by atoms with Crippen molar-refractivity contribution in [1.29, 1.82) is 0 Å². The van der Waals surface area contributed by atoms with E-state index in [1.807, 2.05) is 12.1 Å². The van der Waals surface area contributed by atoms with Gasteiger partial charge in [0.2, 0.25) is 0 Å². The summed E-state index contributed by atoms with van der Waals surface area (Å²) in [5.41, 5.74) is -0.393. The van der Waals surface area contributed by atoms with Gasteiger partial charge in [-0.1, -0.05) is 19.1 Å². The van der Waals surface area contributed by atoms with E-state index in [1.165, 1.54) is 0 Å². The summed E-state index contributed by atoms with van der Waals surface area (Å²) in [5.74, 6) is 0.157. The highest BCUT2D eigenvalue weighted by Crippen LogP contribution is 2.12. The van der Waals surface area contributed by atoms with Crippen LogP contribution >= 0.6 is 11.8 Å². The second-order valence-corrected chi connectivity index (χ2v) is 5.87. The molecule has 110 valence electrons. The van der Waals surface area contributed by atoms with E-state index in [4.69, 9.17) is 5.11 Å². The van der Waals surface area contributed by atoms with Crippen molar-refractivity contribution in [2.45, 2.75) is 25.2 Å². The lowest BCUT2D eigenvalue weighted by atomic mass is 10.1. The molecule has 1 unspecified atom stereocenters. The first-order valence-corrected chi connectivity index (χ1v) is 7.43. The molecule has 3 N–H and O–H groups in total. The second kappa shape index (κ2) is 7.31. The molecule has 0 bridgehead atoms. The quantitative estimate of drug-likeness (QED) is 0.710. The highest BCUT2D eigenvalue weighted by Gasteiger charge is 2.30. The van der Waals surface area contributed by atoms with Crippen LogP contribution in [0, 0.1) is 0 Å². The monoisotopic (exact) mass is 297 g/mol. The summed E-state index contributed by atoms with van der Waals surface area (Å²) in [7, 11) is 0. The van der Waals surface area contributed by atoms with E-state index in [1.54, 1.807) is 23.9 Å². The molecule has 0 saturated carbocycles. The van der Waals surface area contributed by atoms with Gasteiger partial charge in [-0.15, -0.1) is 0 Å². The van der Waals surface area contributed by atoms with Gasteiger partial charge < -0.3 is 15.5 Å². The number of aliphatic hydroxyl groups is 1. The van der Waals surface area contributed by atoms with Crippen LogP contribution in [0.1, 0.15) is 29.8 Å². The Kier molecular flexibility index (Phi) is 6.04. The van der Waals surface area contributed by atoms with Crippen LogP contribution in [0.4, 0.5) is 0 Å². The predicted molar refractivity (Wildman–Crippen MR) is 78.9 cm³/mol. The summed E-state index contributed by atoms with van der Waals surface area (Å²) in [6.45, 7) is 2.89. The SMILES string of the molecule is CCSCc1ccc(C(=O)NCC(C)(O)C(=O)O)cc1. The molecule has 0 aliphatic carbocycles. The van der Waals surface area contributed by atoms with E-state index in [9.17, 15) is 14.7 Å². The average Bonchev–Trinajstić information content (AvgIpc) is 2.43. The molecule has 1 atom stereocenters. The number of benzene rings is 1.